The van der Waals surface area contributed by atoms with Crippen molar-refractivity contribution in [2.24, 2.45) is 0 Å². The number of carbonyl (C=O) groups is 1. The Morgan fingerprint density at radius 2 is 1.68 bits per heavy atom. The first-order chi connectivity index (χ1) is 10.6. The average molecular weight is 292 g/mol. The normalized spacial score (nSPS) is 10.5. The summed E-state index contributed by atoms with van der Waals surface area (Å²) in [5, 5.41) is 2.87. The van der Waals surface area contributed by atoms with Crippen LogP contribution in [0.15, 0.2) is 59.0 Å². The highest BCUT2D eigenvalue weighted by Crippen LogP contribution is 2.22. The summed E-state index contributed by atoms with van der Waals surface area (Å²) in [7, 11) is 0. The average Bonchev–Trinajstić information content (AvgIpc) is 2.92. The highest BCUT2D eigenvalue weighted by Gasteiger charge is 2.18. The molecule has 3 rings (SSSR count). The molecule has 1 N–H and O–H groups in total. The van der Waals surface area contributed by atoms with Crippen molar-refractivity contribution in [3.05, 3.63) is 71.6 Å². The van der Waals surface area contributed by atoms with Crippen LogP contribution in [0.25, 0.3) is 11.5 Å². The fourth-order valence-electron chi connectivity index (χ4n) is 2.21. The summed E-state index contributed by atoms with van der Waals surface area (Å²) in [6, 6.07) is 17.1. The summed E-state index contributed by atoms with van der Waals surface area (Å²) in [5.74, 6) is 0.690. The van der Waals surface area contributed by atoms with Gasteiger partial charge in [-0.1, -0.05) is 36.4 Å². The van der Waals surface area contributed by atoms with Gasteiger partial charge in [-0.25, -0.2) is 4.98 Å². The number of anilines is 1. The zero-order valence-electron chi connectivity index (χ0n) is 12.5. The third-order valence-corrected chi connectivity index (χ3v) is 3.43. The Morgan fingerprint density at radius 1 is 1.00 bits per heavy atom. The second-order valence-electron chi connectivity index (χ2n) is 5.06. The van der Waals surface area contributed by atoms with Crippen LogP contribution in [-0.4, -0.2) is 10.9 Å². The molecule has 0 spiro atoms. The molecule has 0 aliphatic rings. The summed E-state index contributed by atoms with van der Waals surface area (Å²) in [6.07, 6.45) is 0. The molecule has 0 aliphatic carbocycles. The fraction of sp³-hybridized carbons (Fsp3) is 0.111. The van der Waals surface area contributed by atoms with Gasteiger partial charge < -0.3 is 9.73 Å². The van der Waals surface area contributed by atoms with Gasteiger partial charge in [-0.05, 0) is 37.6 Å². The Labute approximate surface area is 128 Å². The van der Waals surface area contributed by atoms with Crippen molar-refractivity contribution in [1.82, 2.24) is 4.98 Å². The first-order valence-corrected chi connectivity index (χ1v) is 7.05. The molecule has 1 amide bonds. The number of nitrogens with zero attached hydrogens (tertiary/aromatic N) is 1. The molecule has 0 atom stereocenters. The molecular formula is C18H16N2O2. The lowest BCUT2D eigenvalue weighted by atomic mass is 10.2. The van der Waals surface area contributed by atoms with Crippen LogP contribution in [0.5, 0.6) is 0 Å². The quantitative estimate of drug-likeness (QED) is 0.786. The minimum Gasteiger partial charge on any atom is -0.441 e. The van der Waals surface area contributed by atoms with Gasteiger partial charge in [0.05, 0.1) is 0 Å². The summed E-state index contributed by atoms with van der Waals surface area (Å²) in [5.41, 5.74) is 2.93. The van der Waals surface area contributed by atoms with E-state index in [0.717, 1.165) is 16.8 Å². The molecule has 2 aromatic carbocycles. The number of aryl methyl sites for hydroxylation is 2. The van der Waals surface area contributed by atoms with E-state index in [1.807, 2.05) is 61.5 Å². The molecule has 110 valence electrons. The van der Waals surface area contributed by atoms with Crippen LogP contribution in [-0.2, 0) is 0 Å². The molecule has 22 heavy (non-hydrogen) atoms. The lowest BCUT2D eigenvalue weighted by molar-refractivity contribution is 0.102. The van der Waals surface area contributed by atoms with Crippen LogP contribution in [0.4, 0.5) is 5.69 Å². The smallest absolute Gasteiger partial charge is 0.277 e. The fourth-order valence-corrected chi connectivity index (χ4v) is 2.21. The van der Waals surface area contributed by atoms with Crippen LogP contribution >= 0.6 is 0 Å². The highest BCUT2D eigenvalue weighted by molar-refractivity contribution is 6.04. The molecule has 1 heterocycles. The number of aromatic nitrogens is 1. The predicted octanol–water partition coefficient (Wildman–Crippen LogP) is 4.21. The minimum atomic E-state index is -0.266. The Morgan fingerprint density at radius 3 is 2.41 bits per heavy atom. The molecule has 0 radical (unpaired) electrons. The zero-order valence-corrected chi connectivity index (χ0v) is 12.5. The van der Waals surface area contributed by atoms with E-state index in [0.29, 0.717) is 17.3 Å². The minimum absolute atomic E-state index is 0.266. The van der Waals surface area contributed by atoms with Gasteiger partial charge in [-0.15, -0.1) is 0 Å². The summed E-state index contributed by atoms with van der Waals surface area (Å²) < 4.78 is 5.62. The van der Waals surface area contributed by atoms with Crippen molar-refractivity contribution < 1.29 is 9.21 Å². The Balaban J connectivity index is 1.88. The lowest BCUT2D eigenvalue weighted by Crippen LogP contribution is -2.14. The molecule has 3 aromatic rings. The zero-order chi connectivity index (χ0) is 15.5. The van der Waals surface area contributed by atoms with Gasteiger partial charge in [-0.3, -0.25) is 4.79 Å². The third kappa shape index (κ3) is 2.76. The second kappa shape index (κ2) is 5.85. The van der Waals surface area contributed by atoms with Crippen LogP contribution in [0.2, 0.25) is 0 Å². The van der Waals surface area contributed by atoms with Crippen molar-refractivity contribution in [3.8, 4) is 11.5 Å². The monoisotopic (exact) mass is 292 g/mol. The van der Waals surface area contributed by atoms with Crippen LogP contribution in [0, 0.1) is 13.8 Å². The molecule has 0 saturated heterocycles. The third-order valence-electron chi connectivity index (χ3n) is 3.43. The van der Waals surface area contributed by atoms with Crippen molar-refractivity contribution >= 4 is 11.6 Å². The molecular weight excluding hydrogens is 276 g/mol. The number of oxazole rings is 1. The number of rotatable bonds is 3. The van der Waals surface area contributed by atoms with E-state index in [2.05, 4.69) is 10.3 Å². The number of hydrogen-bond donors (Lipinski definition) is 1. The van der Waals surface area contributed by atoms with E-state index in [9.17, 15) is 4.79 Å². The largest absolute Gasteiger partial charge is 0.441 e. The Bertz CT molecular complexity index is 807. The van der Waals surface area contributed by atoms with E-state index < -0.39 is 0 Å². The van der Waals surface area contributed by atoms with Crippen molar-refractivity contribution in [2.45, 2.75) is 13.8 Å². The molecule has 0 unspecified atom stereocenters. The standard InChI is InChI=1S/C18H16N2O2/c1-12-8-6-7-11-15(12)19-17(21)16-13(2)22-18(20-16)14-9-4-3-5-10-14/h3-11H,1-2H3,(H,19,21). The van der Waals surface area contributed by atoms with Crippen LogP contribution in [0.3, 0.4) is 0 Å². The Kier molecular flexibility index (Phi) is 3.74. The molecule has 4 nitrogen and oxygen atoms in total. The number of para-hydroxylation sites is 1. The van der Waals surface area contributed by atoms with E-state index in [-0.39, 0.29) is 5.91 Å². The number of benzene rings is 2. The molecule has 0 fully saturated rings. The predicted molar refractivity (Wildman–Crippen MR) is 85.8 cm³/mol. The van der Waals surface area contributed by atoms with E-state index in [1.54, 1.807) is 6.92 Å². The van der Waals surface area contributed by atoms with E-state index in [4.69, 9.17) is 4.42 Å². The lowest BCUT2D eigenvalue weighted by Gasteiger charge is -2.06. The van der Waals surface area contributed by atoms with Gasteiger partial charge in [-0.2, -0.15) is 0 Å². The van der Waals surface area contributed by atoms with Gasteiger partial charge in [0.2, 0.25) is 5.89 Å². The maximum atomic E-state index is 12.4. The SMILES string of the molecule is Cc1ccccc1NC(=O)c1nc(-c2ccccc2)oc1C. The van der Waals surface area contributed by atoms with Gasteiger partial charge in [0.1, 0.15) is 5.76 Å². The van der Waals surface area contributed by atoms with Gasteiger partial charge in [0.25, 0.3) is 5.91 Å². The van der Waals surface area contributed by atoms with E-state index in [1.165, 1.54) is 0 Å². The van der Waals surface area contributed by atoms with Crippen LogP contribution in [0.1, 0.15) is 21.8 Å². The van der Waals surface area contributed by atoms with E-state index >= 15 is 0 Å². The number of hydrogen-bond acceptors (Lipinski definition) is 3. The van der Waals surface area contributed by atoms with Crippen molar-refractivity contribution in [3.63, 3.8) is 0 Å². The second-order valence-corrected chi connectivity index (χ2v) is 5.06. The summed E-state index contributed by atoms with van der Waals surface area (Å²) >= 11 is 0. The Hall–Kier alpha value is -2.88. The first-order valence-electron chi connectivity index (χ1n) is 7.05. The maximum absolute atomic E-state index is 12.4. The molecule has 4 heteroatoms. The molecule has 1 aromatic heterocycles. The number of nitrogens with one attached hydrogen (secondary N) is 1. The number of carbonyl (C=O) groups excluding carboxylic acids is 1. The maximum Gasteiger partial charge on any atom is 0.277 e. The van der Waals surface area contributed by atoms with Crippen LogP contribution < -0.4 is 5.32 Å². The number of amides is 1. The topological polar surface area (TPSA) is 55.1 Å². The van der Waals surface area contributed by atoms with Gasteiger partial charge in [0, 0.05) is 11.3 Å². The molecule has 0 bridgehead atoms. The van der Waals surface area contributed by atoms with Gasteiger partial charge >= 0.3 is 0 Å². The molecule has 0 saturated carbocycles. The first kappa shape index (κ1) is 14.1. The summed E-state index contributed by atoms with van der Waals surface area (Å²) in [4.78, 5) is 16.7. The van der Waals surface area contributed by atoms with Crippen molar-refractivity contribution in [1.29, 1.82) is 0 Å². The van der Waals surface area contributed by atoms with Gasteiger partial charge in [0.15, 0.2) is 5.69 Å². The molecule has 0 aliphatic heterocycles. The highest BCUT2D eigenvalue weighted by atomic mass is 16.4. The summed E-state index contributed by atoms with van der Waals surface area (Å²) in [6.45, 7) is 3.69. The van der Waals surface area contributed by atoms with Crippen molar-refractivity contribution in [2.75, 3.05) is 5.32 Å².